The zero-order valence-corrected chi connectivity index (χ0v) is 18.3. The van der Waals surface area contributed by atoms with E-state index in [1.807, 2.05) is 0 Å². The van der Waals surface area contributed by atoms with Crippen molar-refractivity contribution in [3.63, 3.8) is 0 Å². The number of rotatable bonds is 8. The molecule has 0 atom stereocenters. The number of aliphatic carboxylic acids is 1. The molecular formula is C20H17Cl2NO4S2. The lowest BCUT2D eigenvalue weighted by atomic mass is 10.2. The Morgan fingerprint density at radius 1 is 1.21 bits per heavy atom. The van der Waals surface area contributed by atoms with Crippen molar-refractivity contribution in [2.45, 2.75) is 25.7 Å². The highest BCUT2D eigenvalue weighted by molar-refractivity contribution is 8.26. The first-order valence-corrected chi connectivity index (χ1v) is 10.9. The number of nitrogens with zero attached hydrogens (tertiary/aromatic N) is 1. The fraction of sp³-hybridized carbons (Fsp3) is 0.250. The highest BCUT2D eigenvalue weighted by Crippen LogP contribution is 2.36. The molecule has 2 heterocycles. The molecule has 29 heavy (non-hydrogen) atoms. The molecule has 1 aromatic carbocycles. The fourth-order valence-corrected chi connectivity index (χ4v) is 4.50. The molecular weight excluding hydrogens is 453 g/mol. The number of carboxylic acids is 1. The molecule has 1 amide bonds. The minimum absolute atomic E-state index is 0.135. The summed E-state index contributed by atoms with van der Waals surface area (Å²) in [6.07, 6.45) is 3.80. The first-order chi connectivity index (χ1) is 13.9. The van der Waals surface area contributed by atoms with Crippen LogP contribution in [0.25, 0.3) is 17.4 Å². The van der Waals surface area contributed by atoms with E-state index >= 15 is 0 Å². The zero-order chi connectivity index (χ0) is 21.0. The van der Waals surface area contributed by atoms with Gasteiger partial charge in [0, 0.05) is 24.6 Å². The van der Waals surface area contributed by atoms with E-state index in [0.717, 1.165) is 6.42 Å². The molecule has 1 N–H and O–H groups in total. The Bertz CT molecular complexity index is 987. The maximum Gasteiger partial charge on any atom is 0.303 e. The summed E-state index contributed by atoms with van der Waals surface area (Å²) in [5.41, 5.74) is 0.674. The third-order valence-electron chi connectivity index (χ3n) is 4.26. The lowest BCUT2D eigenvalue weighted by Gasteiger charge is -2.13. The van der Waals surface area contributed by atoms with E-state index in [9.17, 15) is 9.59 Å². The van der Waals surface area contributed by atoms with Crippen molar-refractivity contribution in [1.29, 1.82) is 0 Å². The highest BCUT2D eigenvalue weighted by Gasteiger charge is 2.31. The van der Waals surface area contributed by atoms with Crippen molar-refractivity contribution in [2.75, 3.05) is 6.54 Å². The third kappa shape index (κ3) is 5.42. The number of thioether (sulfide) groups is 1. The SMILES string of the molecule is O=C(O)CCCCCN1C(=O)/C(=C\c2ccc(-c3cccc(Cl)c3Cl)o2)SC1=S. The maximum atomic E-state index is 12.6. The Kier molecular flexibility index (Phi) is 7.40. The molecule has 0 saturated carbocycles. The number of furan rings is 1. The summed E-state index contributed by atoms with van der Waals surface area (Å²) in [5, 5.41) is 9.51. The van der Waals surface area contributed by atoms with Gasteiger partial charge in [0.25, 0.3) is 5.91 Å². The van der Waals surface area contributed by atoms with Crippen LogP contribution in [0, 0.1) is 0 Å². The topological polar surface area (TPSA) is 70.8 Å². The Hall–Kier alpha value is -1.80. The van der Waals surface area contributed by atoms with E-state index in [2.05, 4.69) is 0 Å². The van der Waals surface area contributed by atoms with E-state index in [4.69, 9.17) is 44.9 Å². The molecule has 0 radical (unpaired) electrons. The zero-order valence-electron chi connectivity index (χ0n) is 15.2. The number of carbonyl (C=O) groups is 2. The number of carboxylic acid groups (broad SMARTS) is 1. The van der Waals surface area contributed by atoms with Crippen molar-refractivity contribution in [1.82, 2.24) is 4.90 Å². The molecule has 0 bridgehead atoms. The van der Waals surface area contributed by atoms with Gasteiger partial charge < -0.3 is 9.52 Å². The molecule has 1 aliphatic heterocycles. The van der Waals surface area contributed by atoms with Crippen molar-refractivity contribution in [3.8, 4) is 11.3 Å². The standard InChI is InChI=1S/C20H17Cl2NO4S2/c21-14-6-4-5-13(18(14)22)15-9-8-12(27-15)11-16-19(26)23(20(28)29-16)10-3-1-2-7-17(24)25/h4-6,8-9,11H,1-3,7,10H2,(H,24,25)/b16-11+. The number of unbranched alkanes of at least 4 members (excludes halogenated alkanes) is 2. The van der Waals surface area contributed by atoms with Gasteiger partial charge in [-0.3, -0.25) is 14.5 Å². The molecule has 1 saturated heterocycles. The van der Waals surface area contributed by atoms with E-state index in [1.54, 1.807) is 41.3 Å². The molecule has 3 rings (SSSR count). The van der Waals surface area contributed by atoms with Crippen molar-refractivity contribution in [2.24, 2.45) is 0 Å². The summed E-state index contributed by atoms with van der Waals surface area (Å²) in [5.74, 6) is 0.0862. The van der Waals surface area contributed by atoms with Crippen LogP contribution in [0.3, 0.4) is 0 Å². The van der Waals surface area contributed by atoms with E-state index in [0.29, 0.717) is 55.7 Å². The van der Waals surface area contributed by atoms with Crippen LogP contribution in [0.1, 0.15) is 31.4 Å². The van der Waals surface area contributed by atoms with Gasteiger partial charge in [0.2, 0.25) is 0 Å². The Labute approximate surface area is 187 Å². The number of amides is 1. The van der Waals surface area contributed by atoms with Gasteiger partial charge >= 0.3 is 5.97 Å². The highest BCUT2D eigenvalue weighted by atomic mass is 35.5. The van der Waals surface area contributed by atoms with Crippen LogP contribution in [-0.4, -0.2) is 32.7 Å². The summed E-state index contributed by atoms with van der Waals surface area (Å²) < 4.78 is 6.31. The van der Waals surface area contributed by atoms with Gasteiger partial charge in [-0.15, -0.1) is 0 Å². The van der Waals surface area contributed by atoms with Crippen LogP contribution in [0.2, 0.25) is 10.0 Å². The van der Waals surface area contributed by atoms with Crippen LogP contribution in [0.15, 0.2) is 39.7 Å². The Morgan fingerprint density at radius 3 is 2.76 bits per heavy atom. The molecule has 0 aliphatic carbocycles. The molecule has 0 unspecified atom stereocenters. The summed E-state index contributed by atoms with van der Waals surface area (Å²) in [6, 6.07) is 8.82. The molecule has 2 aromatic rings. The second-order valence-corrected chi connectivity index (χ2v) is 8.80. The normalized spacial score (nSPS) is 15.5. The second kappa shape index (κ2) is 9.80. The predicted octanol–water partition coefficient (Wildman–Crippen LogP) is 6.10. The van der Waals surface area contributed by atoms with Gasteiger partial charge in [-0.2, -0.15) is 0 Å². The number of carbonyl (C=O) groups excluding carboxylic acids is 1. The monoisotopic (exact) mass is 469 g/mol. The van der Waals surface area contributed by atoms with Crippen LogP contribution >= 0.6 is 47.2 Å². The number of thiocarbonyl (C=S) groups is 1. The molecule has 152 valence electrons. The number of benzene rings is 1. The third-order valence-corrected chi connectivity index (χ3v) is 6.46. The minimum atomic E-state index is -0.810. The maximum absolute atomic E-state index is 12.6. The summed E-state index contributed by atoms with van der Waals surface area (Å²) in [7, 11) is 0. The lowest BCUT2D eigenvalue weighted by molar-refractivity contribution is -0.137. The van der Waals surface area contributed by atoms with Gasteiger partial charge in [0.15, 0.2) is 0 Å². The van der Waals surface area contributed by atoms with Crippen LogP contribution in [-0.2, 0) is 9.59 Å². The summed E-state index contributed by atoms with van der Waals surface area (Å²) in [4.78, 5) is 25.2. The number of halogens is 2. The summed E-state index contributed by atoms with van der Waals surface area (Å²) in [6.45, 7) is 0.475. The van der Waals surface area contributed by atoms with Gasteiger partial charge in [-0.1, -0.05) is 59.7 Å². The quantitative estimate of drug-likeness (QED) is 0.286. The average Bonchev–Trinajstić information content (AvgIpc) is 3.23. The van der Waals surface area contributed by atoms with Gasteiger partial charge in [0.05, 0.1) is 15.0 Å². The molecule has 0 spiro atoms. The molecule has 9 heteroatoms. The lowest BCUT2D eigenvalue weighted by Crippen LogP contribution is -2.29. The largest absolute Gasteiger partial charge is 0.481 e. The average molecular weight is 470 g/mol. The van der Waals surface area contributed by atoms with Crippen molar-refractivity contribution in [3.05, 3.63) is 51.0 Å². The van der Waals surface area contributed by atoms with Gasteiger partial charge in [0.1, 0.15) is 15.8 Å². The molecule has 1 fully saturated rings. The minimum Gasteiger partial charge on any atom is -0.481 e. The van der Waals surface area contributed by atoms with Crippen LogP contribution < -0.4 is 0 Å². The molecule has 1 aliphatic rings. The van der Waals surface area contributed by atoms with Gasteiger partial charge in [-0.25, -0.2) is 0 Å². The van der Waals surface area contributed by atoms with Crippen LogP contribution in [0.5, 0.6) is 0 Å². The Morgan fingerprint density at radius 2 is 2.00 bits per heavy atom. The van der Waals surface area contributed by atoms with E-state index in [1.165, 1.54) is 11.8 Å². The first kappa shape index (κ1) is 21.9. The number of hydrogen-bond acceptors (Lipinski definition) is 5. The molecule has 1 aromatic heterocycles. The van der Waals surface area contributed by atoms with Crippen molar-refractivity contribution >= 4 is 69.5 Å². The first-order valence-electron chi connectivity index (χ1n) is 8.88. The predicted molar refractivity (Wildman–Crippen MR) is 120 cm³/mol. The van der Waals surface area contributed by atoms with E-state index < -0.39 is 5.97 Å². The Balaban J connectivity index is 1.66. The van der Waals surface area contributed by atoms with Crippen molar-refractivity contribution < 1.29 is 19.1 Å². The second-order valence-electron chi connectivity index (χ2n) is 6.34. The fourth-order valence-electron chi connectivity index (χ4n) is 2.81. The number of hydrogen-bond donors (Lipinski definition) is 1. The van der Waals surface area contributed by atoms with Gasteiger partial charge in [-0.05, 0) is 37.1 Å². The molecule has 5 nitrogen and oxygen atoms in total. The van der Waals surface area contributed by atoms with E-state index in [-0.39, 0.29) is 12.3 Å². The summed E-state index contributed by atoms with van der Waals surface area (Å²) >= 11 is 18.8. The van der Waals surface area contributed by atoms with Crippen LogP contribution in [0.4, 0.5) is 0 Å². The smallest absolute Gasteiger partial charge is 0.303 e.